The van der Waals surface area contributed by atoms with Crippen LogP contribution in [0.4, 0.5) is 4.79 Å². The van der Waals surface area contributed by atoms with Gasteiger partial charge in [0.1, 0.15) is 6.04 Å². The summed E-state index contributed by atoms with van der Waals surface area (Å²) in [6.07, 6.45) is 3.29. The van der Waals surface area contributed by atoms with Crippen molar-refractivity contribution in [2.24, 2.45) is 0 Å². The first-order valence-corrected chi connectivity index (χ1v) is 6.42. The molecule has 0 saturated carbocycles. The van der Waals surface area contributed by atoms with Crippen LogP contribution in [0.1, 0.15) is 12.0 Å². The van der Waals surface area contributed by atoms with Gasteiger partial charge in [-0.3, -0.25) is 4.98 Å². The SMILES string of the molecule is O=C(O)[C@@H]1C[C@@H](O)CN1C(=O)NCCc1ccncc1. The first-order valence-electron chi connectivity index (χ1n) is 6.42. The van der Waals surface area contributed by atoms with Crippen molar-refractivity contribution in [3.8, 4) is 0 Å². The first-order chi connectivity index (χ1) is 9.58. The number of carboxylic acid groups (broad SMARTS) is 1. The van der Waals surface area contributed by atoms with Crippen LogP contribution >= 0.6 is 0 Å². The Balaban J connectivity index is 1.84. The van der Waals surface area contributed by atoms with Gasteiger partial charge in [0.05, 0.1) is 6.10 Å². The van der Waals surface area contributed by atoms with Crippen molar-refractivity contribution in [1.29, 1.82) is 0 Å². The second-order valence-electron chi connectivity index (χ2n) is 4.73. The quantitative estimate of drug-likeness (QED) is 0.711. The lowest BCUT2D eigenvalue weighted by Crippen LogP contribution is -2.46. The van der Waals surface area contributed by atoms with E-state index in [9.17, 15) is 14.7 Å². The van der Waals surface area contributed by atoms with E-state index in [1.54, 1.807) is 12.4 Å². The van der Waals surface area contributed by atoms with Crippen LogP contribution in [-0.2, 0) is 11.2 Å². The third-order valence-corrected chi connectivity index (χ3v) is 3.26. The monoisotopic (exact) mass is 279 g/mol. The lowest BCUT2D eigenvalue weighted by molar-refractivity contribution is -0.141. The van der Waals surface area contributed by atoms with Crippen LogP contribution < -0.4 is 5.32 Å². The second-order valence-corrected chi connectivity index (χ2v) is 4.73. The van der Waals surface area contributed by atoms with Crippen LogP contribution in [0, 0.1) is 0 Å². The van der Waals surface area contributed by atoms with Crippen molar-refractivity contribution in [2.45, 2.75) is 25.0 Å². The van der Waals surface area contributed by atoms with Crippen molar-refractivity contribution in [3.05, 3.63) is 30.1 Å². The van der Waals surface area contributed by atoms with Crippen molar-refractivity contribution < 1.29 is 19.8 Å². The number of rotatable bonds is 4. The van der Waals surface area contributed by atoms with Crippen LogP contribution in [0.3, 0.4) is 0 Å². The van der Waals surface area contributed by atoms with Crippen molar-refractivity contribution in [2.75, 3.05) is 13.1 Å². The van der Waals surface area contributed by atoms with Gasteiger partial charge in [0, 0.05) is 31.9 Å². The normalized spacial score (nSPS) is 21.8. The van der Waals surface area contributed by atoms with Crippen LogP contribution in [0.15, 0.2) is 24.5 Å². The number of nitrogens with zero attached hydrogens (tertiary/aromatic N) is 2. The van der Waals surface area contributed by atoms with E-state index in [1.165, 1.54) is 4.90 Å². The van der Waals surface area contributed by atoms with E-state index in [-0.39, 0.29) is 13.0 Å². The maximum atomic E-state index is 11.9. The topological polar surface area (TPSA) is 103 Å². The van der Waals surface area contributed by atoms with Crippen LogP contribution in [0.5, 0.6) is 0 Å². The number of amides is 2. The molecule has 108 valence electrons. The van der Waals surface area contributed by atoms with E-state index >= 15 is 0 Å². The summed E-state index contributed by atoms with van der Waals surface area (Å²) in [4.78, 5) is 28.0. The average Bonchev–Trinajstić information content (AvgIpc) is 2.82. The van der Waals surface area contributed by atoms with Crippen LogP contribution in [0.2, 0.25) is 0 Å². The third-order valence-electron chi connectivity index (χ3n) is 3.26. The van der Waals surface area contributed by atoms with Crippen molar-refractivity contribution in [1.82, 2.24) is 15.2 Å². The number of aliphatic hydroxyl groups is 1. The average molecular weight is 279 g/mol. The number of nitrogens with one attached hydrogen (secondary N) is 1. The summed E-state index contributed by atoms with van der Waals surface area (Å²) in [6, 6.07) is 2.30. The predicted molar refractivity (Wildman–Crippen MR) is 70.1 cm³/mol. The zero-order valence-electron chi connectivity index (χ0n) is 10.9. The predicted octanol–water partition coefficient (Wildman–Crippen LogP) is -0.146. The number of urea groups is 1. The standard InChI is InChI=1S/C13H17N3O4/c17-10-7-11(12(18)19)16(8-10)13(20)15-6-3-9-1-4-14-5-2-9/h1-2,4-5,10-11,17H,3,6-8H2,(H,15,20)(H,18,19)/t10-,11+/m1/s1. The Bertz CT molecular complexity index is 480. The third kappa shape index (κ3) is 3.45. The number of carbonyl (C=O) groups is 2. The number of pyridine rings is 1. The van der Waals surface area contributed by atoms with Crippen LogP contribution in [-0.4, -0.2) is 57.3 Å². The molecular formula is C13H17N3O4. The highest BCUT2D eigenvalue weighted by molar-refractivity contribution is 5.83. The number of carbonyl (C=O) groups excluding carboxylic acids is 1. The molecule has 1 aliphatic heterocycles. The summed E-state index contributed by atoms with van der Waals surface area (Å²) >= 11 is 0. The van der Waals surface area contributed by atoms with Gasteiger partial charge in [-0.15, -0.1) is 0 Å². The van der Waals surface area contributed by atoms with Gasteiger partial charge in [0.25, 0.3) is 0 Å². The number of β-amino-alcohol motifs (C(OH)–C–C–N with tert-alkyl or cyclic N) is 1. The fourth-order valence-corrected chi connectivity index (χ4v) is 2.24. The highest BCUT2D eigenvalue weighted by Crippen LogP contribution is 2.18. The maximum absolute atomic E-state index is 11.9. The summed E-state index contributed by atoms with van der Waals surface area (Å²) in [6.45, 7) is 0.458. The Morgan fingerprint density at radius 1 is 1.40 bits per heavy atom. The van der Waals surface area contributed by atoms with Crippen molar-refractivity contribution in [3.63, 3.8) is 0 Å². The van der Waals surface area contributed by atoms with E-state index < -0.39 is 24.1 Å². The fourth-order valence-electron chi connectivity index (χ4n) is 2.24. The molecule has 1 saturated heterocycles. The molecule has 20 heavy (non-hydrogen) atoms. The Morgan fingerprint density at radius 3 is 2.75 bits per heavy atom. The number of aliphatic carboxylic acids is 1. The molecule has 1 aromatic rings. The minimum Gasteiger partial charge on any atom is -0.480 e. The van der Waals surface area contributed by atoms with E-state index in [2.05, 4.69) is 10.3 Å². The molecule has 2 heterocycles. The van der Waals surface area contributed by atoms with Gasteiger partial charge in [-0.05, 0) is 24.1 Å². The Morgan fingerprint density at radius 2 is 2.10 bits per heavy atom. The molecule has 2 rings (SSSR count). The molecule has 0 aromatic carbocycles. The van der Waals surface area contributed by atoms with E-state index in [4.69, 9.17) is 5.11 Å². The summed E-state index contributed by atoms with van der Waals surface area (Å²) in [7, 11) is 0. The van der Waals surface area contributed by atoms with Gasteiger partial charge in [-0.25, -0.2) is 9.59 Å². The molecule has 0 spiro atoms. The Labute approximate surface area is 116 Å². The van der Waals surface area contributed by atoms with Gasteiger partial charge in [0.2, 0.25) is 0 Å². The highest BCUT2D eigenvalue weighted by atomic mass is 16.4. The van der Waals surface area contributed by atoms with Gasteiger partial charge in [-0.2, -0.15) is 0 Å². The Kier molecular flexibility index (Phi) is 4.52. The van der Waals surface area contributed by atoms with Crippen LogP contribution in [0.25, 0.3) is 0 Å². The number of likely N-dealkylation sites (tertiary alicyclic amines) is 1. The van der Waals surface area contributed by atoms with E-state index in [0.29, 0.717) is 13.0 Å². The molecule has 0 unspecified atom stereocenters. The first kappa shape index (κ1) is 14.3. The summed E-state index contributed by atoms with van der Waals surface area (Å²) in [5.41, 5.74) is 1.04. The second kappa shape index (κ2) is 6.33. The molecule has 7 heteroatoms. The molecule has 2 atom stereocenters. The number of aliphatic hydroxyl groups excluding tert-OH is 1. The smallest absolute Gasteiger partial charge is 0.326 e. The number of hydrogen-bond donors (Lipinski definition) is 3. The highest BCUT2D eigenvalue weighted by Gasteiger charge is 2.38. The summed E-state index contributed by atoms with van der Waals surface area (Å²) in [5.74, 6) is -1.09. The molecule has 7 nitrogen and oxygen atoms in total. The number of aromatic nitrogens is 1. The lowest BCUT2D eigenvalue weighted by Gasteiger charge is -2.21. The molecule has 3 N–H and O–H groups in total. The van der Waals surface area contributed by atoms with Gasteiger partial charge >= 0.3 is 12.0 Å². The molecular weight excluding hydrogens is 262 g/mol. The molecule has 1 fully saturated rings. The van der Waals surface area contributed by atoms with Gasteiger partial charge in [0.15, 0.2) is 0 Å². The maximum Gasteiger partial charge on any atom is 0.326 e. The molecule has 0 aliphatic carbocycles. The molecule has 2 amide bonds. The Hall–Kier alpha value is -2.15. The number of hydrogen-bond acceptors (Lipinski definition) is 4. The minimum absolute atomic E-state index is 0.0536. The number of carboxylic acids is 1. The molecule has 1 aromatic heterocycles. The largest absolute Gasteiger partial charge is 0.480 e. The van der Waals surface area contributed by atoms with Gasteiger partial charge in [-0.1, -0.05) is 0 Å². The molecule has 1 aliphatic rings. The zero-order chi connectivity index (χ0) is 14.5. The zero-order valence-corrected chi connectivity index (χ0v) is 10.9. The molecule has 0 bridgehead atoms. The molecule has 0 radical (unpaired) electrons. The van der Waals surface area contributed by atoms with Gasteiger partial charge < -0.3 is 20.4 Å². The summed E-state index contributed by atoms with van der Waals surface area (Å²) < 4.78 is 0. The minimum atomic E-state index is -1.09. The van der Waals surface area contributed by atoms with Crippen molar-refractivity contribution >= 4 is 12.0 Å². The van der Waals surface area contributed by atoms with E-state index in [0.717, 1.165) is 5.56 Å². The lowest BCUT2D eigenvalue weighted by atomic mass is 10.2. The summed E-state index contributed by atoms with van der Waals surface area (Å²) in [5, 5.41) is 21.2. The fraction of sp³-hybridized carbons (Fsp3) is 0.462. The van der Waals surface area contributed by atoms with E-state index in [1.807, 2.05) is 12.1 Å².